The highest BCUT2D eigenvalue weighted by Gasteiger charge is 2.32. The van der Waals surface area contributed by atoms with Gasteiger partial charge in [-0.25, -0.2) is 0 Å². The maximum Gasteiger partial charge on any atom is 0.308 e. The number of amides is 1. The van der Waals surface area contributed by atoms with Crippen molar-refractivity contribution in [1.29, 1.82) is 0 Å². The topological polar surface area (TPSA) is 57.6 Å². The molecule has 4 nitrogen and oxygen atoms in total. The summed E-state index contributed by atoms with van der Waals surface area (Å²) in [6, 6.07) is 20.0. The maximum atomic E-state index is 12.7. The highest BCUT2D eigenvalue weighted by molar-refractivity contribution is 5.80. The zero-order valence-corrected chi connectivity index (χ0v) is 13.5. The molecule has 1 heterocycles. The first-order valence-corrected chi connectivity index (χ1v) is 8.25. The Balaban J connectivity index is 1.78. The van der Waals surface area contributed by atoms with Crippen LogP contribution in [0.15, 0.2) is 60.7 Å². The molecule has 0 bridgehead atoms. The van der Waals surface area contributed by atoms with Crippen LogP contribution in [0.4, 0.5) is 0 Å². The summed E-state index contributed by atoms with van der Waals surface area (Å²) in [6.45, 7) is 0.858. The van der Waals surface area contributed by atoms with E-state index >= 15 is 0 Å². The van der Waals surface area contributed by atoms with Gasteiger partial charge in [-0.15, -0.1) is 0 Å². The standard InChI is InChI=1S/C20H21NO3/c22-19(21-12-11-17(14-21)20(23)24)13-18(15-7-3-1-4-8-15)16-9-5-2-6-10-16/h1-10,17-18H,11-14H2,(H,23,24). The van der Waals surface area contributed by atoms with E-state index in [1.807, 2.05) is 60.7 Å². The fraction of sp³-hybridized carbons (Fsp3) is 0.300. The Hall–Kier alpha value is -2.62. The Morgan fingerprint density at radius 2 is 1.54 bits per heavy atom. The molecule has 124 valence electrons. The van der Waals surface area contributed by atoms with E-state index in [9.17, 15) is 9.59 Å². The molecule has 0 aromatic heterocycles. The molecular weight excluding hydrogens is 302 g/mol. The summed E-state index contributed by atoms with van der Waals surface area (Å²) >= 11 is 0. The van der Waals surface area contributed by atoms with Crippen LogP contribution in [0.25, 0.3) is 0 Å². The van der Waals surface area contributed by atoms with Gasteiger partial charge in [-0.05, 0) is 17.5 Å². The van der Waals surface area contributed by atoms with E-state index in [-0.39, 0.29) is 11.8 Å². The molecule has 1 unspecified atom stereocenters. The average Bonchev–Trinajstić information content (AvgIpc) is 3.11. The van der Waals surface area contributed by atoms with E-state index in [1.54, 1.807) is 4.90 Å². The van der Waals surface area contributed by atoms with Crippen molar-refractivity contribution in [2.45, 2.75) is 18.8 Å². The number of carbonyl (C=O) groups is 2. The number of aliphatic carboxylic acids is 1. The monoisotopic (exact) mass is 323 g/mol. The molecule has 4 heteroatoms. The zero-order valence-electron chi connectivity index (χ0n) is 13.5. The van der Waals surface area contributed by atoms with E-state index in [4.69, 9.17) is 5.11 Å². The van der Waals surface area contributed by atoms with Gasteiger partial charge in [0.1, 0.15) is 0 Å². The van der Waals surface area contributed by atoms with Gasteiger partial charge in [0.2, 0.25) is 5.91 Å². The number of carbonyl (C=O) groups excluding carboxylic acids is 1. The third kappa shape index (κ3) is 3.65. The van der Waals surface area contributed by atoms with Gasteiger partial charge in [0.05, 0.1) is 5.92 Å². The minimum atomic E-state index is -0.812. The third-order valence-corrected chi connectivity index (χ3v) is 4.67. The van der Waals surface area contributed by atoms with Gasteiger partial charge in [0.15, 0.2) is 0 Å². The lowest BCUT2D eigenvalue weighted by Gasteiger charge is -2.22. The molecule has 0 spiro atoms. The summed E-state index contributed by atoms with van der Waals surface area (Å²) in [4.78, 5) is 25.5. The van der Waals surface area contributed by atoms with Crippen LogP contribution in [0.1, 0.15) is 29.9 Å². The van der Waals surface area contributed by atoms with Gasteiger partial charge in [-0.1, -0.05) is 60.7 Å². The fourth-order valence-electron chi connectivity index (χ4n) is 3.29. The zero-order chi connectivity index (χ0) is 16.9. The van der Waals surface area contributed by atoms with Gasteiger partial charge in [-0.2, -0.15) is 0 Å². The van der Waals surface area contributed by atoms with Crippen molar-refractivity contribution < 1.29 is 14.7 Å². The molecule has 3 rings (SSSR count). The second kappa shape index (κ2) is 7.30. The lowest BCUT2D eigenvalue weighted by molar-refractivity contribution is -0.141. The Labute approximate surface area is 141 Å². The van der Waals surface area contributed by atoms with Gasteiger partial charge >= 0.3 is 5.97 Å². The van der Waals surface area contributed by atoms with Crippen molar-refractivity contribution in [2.24, 2.45) is 5.92 Å². The average molecular weight is 323 g/mol. The van der Waals surface area contributed by atoms with E-state index in [1.165, 1.54) is 0 Å². The number of hydrogen-bond donors (Lipinski definition) is 1. The van der Waals surface area contributed by atoms with Crippen molar-refractivity contribution >= 4 is 11.9 Å². The molecule has 2 aromatic rings. The summed E-state index contributed by atoms with van der Waals surface area (Å²) in [7, 11) is 0. The Kier molecular flexibility index (Phi) is 4.94. The minimum absolute atomic E-state index is 0.0104. The molecule has 2 aromatic carbocycles. The van der Waals surface area contributed by atoms with Crippen LogP contribution >= 0.6 is 0 Å². The lowest BCUT2D eigenvalue weighted by Crippen LogP contribution is -2.31. The molecule has 1 aliphatic heterocycles. The molecule has 1 atom stereocenters. The largest absolute Gasteiger partial charge is 0.481 e. The van der Waals surface area contributed by atoms with Crippen LogP contribution < -0.4 is 0 Å². The summed E-state index contributed by atoms with van der Waals surface area (Å²) in [5.41, 5.74) is 2.21. The second-order valence-electron chi connectivity index (χ2n) is 6.24. The van der Waals surface area contributed by atoms with Crippen LogP contribution in [0.5, 0.6) is 0 Å². The Morgan fingerprint density at radius 1 is 1.00 bits per heavy atom. The van der Waals surface area contributed by atoms with E-state index in [0.717, 1.165) is 11.1 Å². The summed E-state index contributed by atoms with van der Waals surface area (Å²) in [5, 5.41) is 9.11. The molecule has 24 heavy (non-hydrogen) atoms. The van der Waals surface area contributed by atoms with Crippen LogP contribution in [0, 0.1) is 5.92 Å². The molecular formula is C20H21NO3. The predicted molar refractivity (Wildman–Crippen MR) is 91.7 cm³/mol. The molecule has 0 aliphatic carbocycles. The van der Waals surface area contributed by atoms with Gasteiger partial charge in [0, 0.05) is 25.4 Å². The smallest absolute Gasteiger partial charge is 0.308 e. The van der Waals surface area contributed by atoms with E-state index < -0.39 is 11.9 Å². The van der Waals surface area contributed by atoms with Crippen molar-refractivity contribution in [3.8, 4) is 0 Å². The van der Waals surface area contributed by atoms with Crippen molar-refractivity contribution in [1.82, 2.24) is 4.90 Å². The predicted octanol–water partition coefficient (Wildman–Crippen LogP) is 3.14. The molecule has 0 radical (unpaired) electrons. The first-order chi connectivity index (χ1) is 11.6. The molecule has 1 fully saturated rings. The van der Waals surface area contributed by atoms with Crippen molar-refractivity contribution in [3.63, 3.8) is 0 Å². The summed E-state index contributed by atoms with van der Waals surface area (Å²) in [5.74, 6) is -1.23. The van der Waals surface area contributed by atoms with Crippen LogP contribution in [-0.2, 0) is 9.59 Å². The summed E-state index contributed by atoms with van der Waals surface area (Å²) in [6.07, 6.45) is 0.906. The molecule has 1 aliphatic rings. The molecule has 1 N–H and O–H groups in total. The first kappa shape index (κ1) is 16.2. The highest BCUT2D eigenvalue weighted by Crippen LogP contribution is 2.29. The summed E-state index contributed by atoms with van der Waals surface area (Å²) < 4.78 is 0. The number of rotatable bonds is 5. The van der Waals surface area contributed by atoms with Crippen molar-refractivity contribution in [3.05, 3.63) is 71.8 Å². The van der Waals surface area contributed by atoms with Crippen molar-refractivity contribution in [2.75, 3.05) is 13.1 Å². The Bertz CT molecular complexity index is 660. The third-order valence-electron chi connectivity index (χ3n) is 4.67. The number of carboxylic acid groups (broad SMARTS) is 1. The van der Waals surface area contributed by atoms with E-state index in [2.05, 4.69) is 0 Å². The number of carboxylic acids is 1. The van der Waals surface area contributed by atoms with Gasteiger partial charge < -0.3 is 10.0 Å². The van der Waals surface area contributed by atoms with Crippen LogP contribution in [-0.4, -0.2) is 35.0 Å². The fourth-order valence-corrected chi connectivity index (χ4v) is 3.29. The normalized spacial score (nSPS) is 17.2. The van der Waals surface area contributed by atoms with Crippen LogP contribution in [0.3, 0.4) is 0 Å². The second-order valence-corrected chi connectivity index (χ2v) is 6.24. The van der Waals surface area contributed by atoms with Gasteiger partial charge in [-0.3, -0.25) is 9.59 Å². The number of benzene rings is 2. The lowest BCUT2D eigenvalue weighted by atomic mass is 9.88. The number of nitrogens with zero attached hydrogens (tertiary/aromatic N) is 1. The SMILES string of the molecule is O=C(O)C1CCN(C(=O)CC(c2ccccc2)c2ccccc2)C1. The van der Waals surface area contributed by atoms with E-state index in [0.29, 0.717) is 25.9 Å². The quantitative estimate of drug-likeness (QED) is 0.919. The van der Waals surface area contributed by atoms with Gasteiger partial charge in [0.25, 0.3) is 0 Å². The highest BCUT2D eigenvalue weighted by atomic mass is 16.4. The molecule has 1 saturated heterocycles. The maximum absolute atomic E-state index is 12.7. The molecule has 1 amide bonds. The van der Waals surface area contributed by atoms with Crippen LogP contribution in [0.2, 0.25) is 0 Å². The number of hydrogen-bond acceptors (Lipinski definition) is 2. The Morgan fingerprint density at radius 3 is 2.00 bits per heavy atom. The number of likely N-dealkylation sites (tertiary alicyclic amines) is 1. The molecule has 0 saturated carbocycles. The first-order valence-electron chi connectivity index (χ1n) is 8.25. The minimum Gasteiger partial charge on any atom is -0.481 e.